The molecule has 1 fully saturated rings. The molecular weight excluding hydrogens is 504 g/mol. The summed E-state index contributed by atoms with van der Waals surface area (Å²) in [5.74, 6) is 1.75. The molecule has 0 saturated carbocycles. The van der Waals surface area contributed by atoms with Crippen molar-refractivity contribution in [1.82, 2.24) is 20.2 Å². The molecule has 0 aliphatic carbocycles. The summed E-state index contributed by atoms with van der Waals surface area (Å²) >= 11 is 0. The van der Waals surface area contributed by atoms with Gasteiger partial charge in [0.25, 0.3) is 0 Å². The van der Waals surface area contributed by atoms with Crippen molar-refractivity contribution in [2.45, 2.75) is 6.42 Å². The summed E-state index contributed by atoms with van der Waals surface area (Å²) in [5.41, 5.74) is 11.7. The van der Waals surface area contributed by atoms with Crippen LogP contribution in [0.15, 0.2) is 79.3 Å². The molecule has 0 bridgehead atoms. The lowest BCUT2D eigenvalue weighted by Gasteiger charge is -2.26. The van der Waals surface area contributed by atoms with Gasteiger partial charge >= 0.3 is 0 Å². The minimum atomic E-state index is 0.430. The zero-order valence-electron chi connectivity index (χ0n) is 23.3. The van der Waals surface area contributed by atoms with Gasteiger partial charge in [0, 0.05) is 48.9 Å². The van der Waals surface area contributed by atoms with Gasteiger partial charge in [-0.3, -0.25) is 4.90 Å². The average molecular weight is 543 g/mol. The van der Waals surface area contributed by atoms with Crippen molar-refractivity contribution < 1.29 is 14.2 Å². The maximum Gasteiger partial charge on any atom is 0.161 e. The number of aromatic nitrogens is 2. The lowest BCUT2D eigenvalue weighted by molar-refractivity contribution is 0.0376. The van der Waals surface area contributed by atoms with E-state index < -0.39 is 0 Å². The van der Waals surface area contributed by atoms with E-state index >= 15 is 0 Å². The first-order chi connectivity index (χ1) is 19.5. The molecule has 4 rings (SSSR count). The highest BCUT2D eigenvalue weighted by atomic mass is 16.5. The van der Waals surface area contributed by atoms with Crippen LogP contribution < -0.4 is 25.8 Å². The highest BCUT2D eigenvalue weighted by molar-refractivity contribution is 5.67. The molecule has 4 N–H and O–H groups in total. The van der Waals surface area contributed by atoms with E-state index in [1.165, 1.54) is 0 Å². The maximum atomic E-state index is 6.32. The third kappa shape index (κ3) is 7.84. The number of nitrogens with one attached hydrogen (secondary N) is 2. The molecule has 9 nitrogen and oxygen atoms in total. The molecule has 1 aliphatic rings. The van der Waals surface area contributed by atoms with Crippen LogP contribution >= 0.6 is 0 Å². The van der Waals surface area contributed by atoms with Crippen LogP contribution in [0.1, 0.15) is 17.8 Å². The number of benzene rings is 2. The molecule has 40 heavy (non-hydrogen) atoms. The minimum absolute atomic E-state index is 0.430. The van der Waals surface area contributed by atoms with Gasteiger partial charge in [0.15, 0.2) is 17.3 Å². The predicted molar refractivity (Wildman–Crippen MR) is 161 cm³/mol. The maximum absolute atomic E-state index is 6.32. The van der Waals surface area contributed by atoms with Crippen LogP contribution in [0.2, 0.25) is 0 Å². The van der Waals surface area contributed by atoms with Crippen molar-refractivity contribution in [3.8, 4) is 22.8 Å². The molecule has 2 heterocycles. The van der Waals surface area contributed by atoms with Gasteiger partial charge in [-0.25, -0.2) is 9.97 Å². The van der Waals surface area contributed by atoms with Crippen LogP contribution in [0.3, 0.4) is 0 Å². The summed E-state index contributed by atoms with van der Waals surface area (Å²) in [6.45, 7) is 13.9. The Morgan fingerprint density at radius 2 is 1.80 bits per heavy atom. The zero-order valence-corrected chi connectivity index (χ0v) is 23.3. The second-order valence-electron chi connectivity index (χ2n) is 9.36. The first-order valence-corrected chi connectivity index (χ1v) is 13.3. The van der Waals surface area contributed by atoms with Crippen LogP contribution in [0.4, 0.5) is 5.69 Å². The van der Waals surface area contributed by atoms with E-state index in [9.17, 15) is 0 Å². The van der Waals surface area contributed by atoms with Crippen molar-refractivity contribution >= 4 is 17.5 Å². The molecular formula is C31H38N6O3. The second-order valence-corrected chi connectivity index (χ2v) is 9.36. The summed E-state index contributed by atoms with van der Waals surface area (Å²) < 4.78 is 16.1. The van der Waals surface area contributed by atoms with Crippen molar-refractivity contribution in [3.63, 3.8) is 0 Å². The fourth-order valence-electron chi connectivity index (χ4n) is 4.30. The third-order valence-electron chi connectivity index (χ3n) is 6.61. The SMILES string of the molecule is C=C(Nc1ccc(C(=C)NCCCN2CCOCC2)cc1)/C(N)=C/c1nccc(-c2ccc(OC)c(OC)c2)n1. The summed E-state index contributed by atoms with van der Waals surface area (Å²) in [4.78, 5) is 11.4. The van der Waals surface area contributed by atoms with Gasteiger partial charge < -0.3 is 30.6 Å². The molecule has 0 unspecified atom stereocenters. The summed E-state index contributed by atoms with van der Waals surface area (Å²) in [7, 11) is 3.21. The number of hydrogen-bond acceptors (Lipinski definition) is 9. The molecule has 1 saturated heterocycles. The van der Waals surface area contributed by atoms with Crippen molar-refractivity contribution in [3.05, 3.63) is 90.7 Å². The smallest absolute Gasteiger partial charge is 0.161 e. The van der Waals surface area contributed by atoms with Gasteiger partial charge in [0.2, 0.25) is 0 Å². The Kier molecular flexibility index (Phi) is 10.1. The second kappa shape index (κ2) is 14.2. The topological polar surface area (TPSA) is 107 Å². The minimum Gasteiger partial charge on any atom is -0.493 e. The van der Waals surface area contributed by atoms with Crippen LogP contribution in [0.5, 0.6) is 11.5 Å². The molecule has 1 aliphatic heterocycles. The lowest BCUT2D eigenvalue weighted by Crippen LogP contribution is -2.37. The monoisotopic (exact) mass is 542 g/mol. The van der Waals surface area contributed by atoms with E-state index in [0.29, 0.717) is 28.7 Å². The van der Waals surface area contributed by atoms with E-state index in [4.69, 9.17) is 19.9 Å². The van der Waals surface area contributed by atoms with E-state index in [0.717, 1.165) is 74.0 Å². The van der Waals surface area contributed by atoms with Gasteiger partial charge in [0.05, 0.1) is 44.5 Å². The number of morpholine rings is 1. The molecule has 9 heteroatoms. The Balaban J connectivity index is 1.31. The Bertz CT molecular complexity index is 1330. The Labute approximate surface area is 236 Å². The fourth-order valence-corrected chi connectivity index (χ4v) is 4.30. The first kappa shape index (κ1) is 28.7. The number of anilines is 1. The van der Waals surface area contributed by atoms with Crippen LogP contribution in [-0.4, -0.2) is 68.5 Å². The standard InChI is InChI=1S/C31H38N6O3/c1-22(33-13-5-15-37-16-18-40-19-17-37)24-6-9-26(10-7-24)35-23(2)27(32)21-31-34-14-12-28(36-31)25-8-11-29(38-3)30(20-25)39-4/h6-12,14,20-21,33,35H,1-2,5,13,15-19,32H2,3-4H3/b27-21-. The van der Waals surface area contributed by atoms with Gasteiger partial charge in [-0.15, -0.1) is 0 Å². The quantitative estimate of drug-likeness (QED) is 0.214. The zero-order chi connectivity index (χ0) is 28.3. The molecule has 3 aromatic rings. The molecule has 0 atom stereocenters. The number of nitrogens with two attached hydrogens (primary N) is 1. The molecule has 210 valence electrons. The summed E-state index contributed by atoms with van der Waals surface area (Å²) in [6.07, 6.45) is 4.44. The van der Waals surface area contributed by atoms with Gasteiger partial charge in [-0.1, -0.05) is 25.3 Å². The number of ether oxygens (including phenoxy) is 3. The van der Waals surface area contributed by atoms with E-state index in [2.05, 4.69) is 38.7 Å². The molecule has 0 amide bonds. The third-order valence-corrected chi connectivity index (χ3v) is 6.61. The largest absolute Gasteiger partial charge is 0.493 e. The van der Waals surface area contributed by atoms with Crippen molar-refractivity contribution in [1.29, 1.82) is 0 Å². The Morgan fingerprint density at radius 1 is 1.05 bits per heavy atom. The molecule has 2 aromatic carbocycles. The summed E-state index contributed by atoms with van der Waals surface area (Å²) in [6, 6.07) is 15.4. The van der Waals surface area contributed by atoms with Gasteiger partial charge in [-0.05, 0) is 54.9 Å². The highest BCUT2D eigenvalue weighted by Crippen LogP contribution is 2.31. The van der Waals surface area contributed by atoms with Gasteiger partial charge in [-0.2, -0.15) is 0 Å². The molecule has 0 spiro atoms. The Morgan fingerprint density at radius 3 is 2.52 bits per heavy atom. The Hall–Kier alpha value is -4.34. The van der Waals surface area contributed by atoms with Crippen molar-refractivity contribution in [2.24, 2.45) is 5.73 Å². The summed E-state index contributed by atoms with van der Waals surface area (Å²) in [5, 5.41) is 6.68. The lowest BCUT2D eigenvalue weighted by atomic mass is 10.1. The van der Waals surface area contributed by atoms with E-state index in [1.54, 1.807) is 26.5 Å². The molecule has 0 radical (unpaired) electrons. The average Bonchev–Trinajstić information content (AvgIpc) is 2.99. The van der Waals surface area contributed by atoms with Crippen LogP contribution in [0.25, 0.3) is 23.0 Å². The van der Waals surface area contributed by atoms with E-state index in [-0.39, 0.29) is 0 Å². The first-order valence-electron chi connectivity index (χ1n) is 13.3. The molecule has 1 aromatic heterocycles. The van der Waals surface area contributed by atoms with Crippen molar-refractivity contribution in [2.75, 3.05) is 58.9 Å². The number of hydrogen-bond donors (Lipinski definition) is 3. The predicted octanol–water partition coefficient (Wildman–Crippen LogP) is 4.37. The fraction of sp³-hybridized carbons (Fsp3) is 0.290. The van der Waals surface area contributed by atoms with Crippen LogP contribution in [0, 0.1) is 0 Å². The highest BCUT2D eigenvalue weighted by Gasteiger charge is 2.10. The van der Waals surface area contributed by atoms with Gasteiger partial charge in [0.1, 0.15) is 0 Å². The number of nitrogens with zero attached hydrogens (tertiary/aromatic N) is 3. The normalized spacial score (nSPS) is 13.9. The number of rotatable bonds is 13. The number of methoxy groups -OCH3 is 2. The van der Waals surface area contributed by atoms with E-state index in [1.807, 2.05) is 48.5 Å². The van der Waals surface area contributed by atoms with Crippen LogP contribution in [-0.2, 0) is 4.74 Å².